The number of nitrogens with zero attached hydrogens (tertiary/aromatic N) is 4. The van der Waals surface area contributed by atoms with E-state index in [2.05, 4.69) is 15.2 Å². The Balaban J connectivity index is 1.44. The Morgan fingerprint density at radius 2 is 1.96 bits per heavy atom. The lowest BCUT2D eigenvalue weighted by atomic mass is 10.1. The second-order valence-corrected chi connectivity index (χ2v) is 7.08. The van der Waals surface area contributed by atoms with Crippen LogP contribution in [0.4, 0.5) is 17.2 Å². The summed E-state index contributed by atoms with van der Waals surface area (Å²) in [6, 6.07) is 11.5. The highest BCUT2D eigenvalue weighted by molar-refractivity contribution is 6.02. The highest BCUT2D eigenvalue weighted by atomic mass is 16.2. The number of hydrogen-bond acceptors (Lipinski definition) is 5. The number of carbonyl (C=O) groups is 2. The second kappa shape index (κ2) is 7.00. The molecule has 140 valence electrons. The van der Waals surface area contributed by atoms with E-state index in [9.17, 15) is 9.59 Å². The average Bonchev–Trinajstić information content (AvgIpc) is 2.67. The van der Waals surface area contributed by atoms with E-state index in [1.165, 1.54) is 0 Å². The van der Waals surface area contributed by atoms with Crippen molar-refractivity contribution in [1.29, 1.82) is 0 Å². The number of nitrogens with one attached hydrogen (secondary N) is 1. The van der Waals surface area contributed by atoms with Crippen LogP contribution < -0.4 is 15.1 Å². The number of anilines is 3. The van der Waals surface area contributed by atoms with Gasteiger partial charge in [0.25, 0.3) is 0 Å². The molecular weight excluding hydrogens is 342 g/mol. The molecule has 4 rings (SSSR count). The number of pyridine rings is 1. The minimum absolute atomic E-state index is 0.0318. The van der Waals surface area contributed by atoms with E-state index in [4.69, 9.17) is 0 Å². The molecule has 2 aromatic rings. The number of fused-ring (bicyclic) bond motifs is 1. The van der Waals surface area contributed by atoms with Gasteiger partial charge in [-0.15, -0.1) is 0 Å². The zero-order valence-electron chi connectivity index (χ0n) is 15.6. The number of amides is 2. The fraction of sp³-hybridized carbons (Fsp3) is 0.350. The molecular formula is C20H23N5O2. The second-order valence-electron chi connectivity index (χ2n) is 7.08. The third-order valence-electron chi connectivity index (χ3n) is 5.25. The van der Waals surface area contributed by atoms with Crippen molar-refractivity contribution < 1.29 is 9.59 Å². The van der Waals surface area contributed by atoms with Crippen molar-refractivity contribution in [3.63, 3.8) is 0 Å². The topological polar surface area (TPSA) is 68.8 Å². The minimum Gasteiger partial charge on any atom is -0.346 e. The zero-order chi connectivity index (χ0) is 19.0. The molecule has 2 aliphatic rings. The molecule has 0 saturated carbocycles. The lowest BCUT2D eigenvalue weighted by molar-refractivity contribution is -0.121. The SMILES string of the molecule is C[C@H]1C(=O)Nc2cc(CN3CCN(c4ccccc4)C(=O)C3)cnc2N1C. The molecule has 0 unspecified atom stereocenters. The Kier molecular flexibility index (Phi) is 4.53. The molecule has 1 fully saturated rings. The van der Waals surface area contributed by atoms with Crippen LogP contribution in [0.3, 0.4) is 0 Å². The van der Waals surface area contributed by atoms with Gasteiger partial charge in [-0.05, 0) is 30.7 Å². The van der Waals surface area contributed by atoms with E-state index in [0.717, 1.165) is 29.3 Å². The van der Waals surface area contributed by atoms with Crippen LogP contribution in [0.5, 0.6) is 0 Å². The Bertz CT molecular complexity index is 870. The van der Waals surface area contributed by atoms with Crippen LogP contribution in [0.15, 0.2) is 42.6 Å². The van der Waals surface area contributed by atoms with Crippen molar-refractivity contribution in [2.75, 3.05) is 41.8 Å². The number of rotatable bonds is 3. The summed E-state index contributed by atoms with van der Waals surface area (Å²) in [5.41, 5.74) is 2.66. The summed E-state index contributed by atoms with van der Waals surface area (Å²) in [6.45, 7) is 4.31. The van der Waals surface area contributed by atoms with Gasteiger partial charge in [-0.2, -0.15) is 0 Å². The van der Waals surface area contributed by atoms with Crippen LogP contribution in [0, 0.1) is 0 Å². The monoisotopic (exact) mass is 365 g/mol. The number of piperazine rings is 1. The fourth-order valence-corrected chi connectivity index (χ4v) is 3.55. The quantitative estimate of drug-likeness (QED) is 0.897. The number of carbonyl (C=O) groups excluding carboxylic acids is 2. The molecule has 7 nitrogen and oxygen atoms in total. The first-order valence-corrected chi connectivity index (χ1v) is 9.13. The van der Waals surface area contributed by atoms with E-state index in [-0.39, 0.29) is 17.9 Å². The molecule has 2 amide bonds. The van der Waals surface area contributed by atoms with E-state index in [1.54, 1.807) is 0 Å². The van der Waals surface area contributed by atoms with Crippen molar-refractivity contribution >= 4 is 29.0 Å². The first kappa shape index (κ1) is 17.5. The molecule has 1 aromatic heterocycles. The zero-order valence-corrected chi connectivity index (χ0v) is 15.6. The Morgan fingerprint density at radius 3 is 2.70 bits per heavy atom. The fourth-order valence-electron chi connectivity index (χ4n) is 3.55. The van der Waals surface area contributed by atoms with Gasteiger partial charge in [0.15, 0.2) is 5.82 Å². The molecule has 1 atom stereocenters. The number of para-hydroxylation sites is 1. The normalized spacial score (nSPS) is 20.4. The third-order valence-corrected chi connectivity index (χ3v) is 5.25. The van der Waals surface area contributed by atoms with Gasteiger partial charge in [-0.1, -0.05) is 18.2 Å². The van der Waals surface area contributed by atoms with Crippen LogP contribution in [0.25, 0.3) is 0 Å². The van der Waals surface area contributed by atoms with Gasteiger partial charge in [-0.3, -0.25) is 14.5 Å². The van der Waals surface area contributed by atoms with Gasteiger partial charge < -0.3 is 15.1 Å². The highest BCUT2D eigenvalue weighted by Crippen LogP contribution is 2.29. The molecule has 0 radical (unpaired) electrons. The Morgan fingerprint density at radius 1 is 1.19 bits per heavy atom. The van der Waals surface area contributed by atoms with Gasteiger partial charge in [0.1, 0.15) is 6.04 Å². The van der Waals surface area contributed by atoms with E-state index in [0.29, 0.717) is 19.6 Å². The lowest BCUT2D eigenvalue weighted by Gasteiger charge is -2.35. The van der Waals surface area contributed by atoms with Crippen LogP contribution in [0.1, 0.15) is 12.5 Å². The summed E-state index contributed by atoms with van der Waals surface area (Å²) in [5.74, 6) is 0.839. The third kappa shape index (κ3) is 3.38. The van der Waals surface area contributed by atoms with Gasteiger partial charge >= 0.3 is 0 Å². The number of likely N-dealkylation sites (N-methyl/N-ethyl adjacent to an activating group) is 1. The Hall–Kier alpha value is -2.93. The van der Waals surface area contributed by atoms with E-state index in [1.807, 2.05) is 66.4 Å². The van der Waals surface area contributed by atoms with Crippen molar-refractivity contribution in [2.45, 2.75) is 19.5 Å². The Labute approximate surface area is 158 Å². The minimum atomic E-state index is -0.237. The molecule has 1 aromatic carbocycles. The van der Waals surface area contributed by atoms with Gasteiger partial charge in [0.05, 0.1) is 12.2 Å². The maximum Gasteiger partial charge on any atom is 0.246 e. The number of aromatic nitrogens is 1. The van der Waals surface area contributed by atoms with Crippen LogP contribution in [-0.4, -0.2) is 54.4 Å². The molecule has 3 heterocycles. The molecule has 1 saturated heterocycles. The molecule has 0 bridgehead atoms. The highest BCUT2D eigenvalue weighted by Gasteiger charge is 2.29. The van der Waals surface area contributed by atoms with Gasteiger partial charge in [0, 0.05) is 38.6 Å². The molecule has 27 heavy (non-hydrogen) atoms. The van der Waals surface area contributed by atoms with E-state index >= 15 is 0 Å². The predicted molar refractivity (Wildman–Crippen MR) is 105 cm³/mol. The molecule has 0 aliphatic carbocycles. The lowest BCUT2D eigenvalue weighted by Crippen LogP contribution is -2.50. The number of benzene rings is 1. The summed E-state index contributed by atoms with van der Waals surface area (Å²) >= 11 is 0. The molecule has 2 aliphatic heterocycles. The average molecular weight is 365 g/mol. The summed E-state index contributed by atoms with van der Waals surface area (Å²) in [6.07, 6.45) is 1.83. The van der Waals surface area contributed by atoms with Crippen LogP contribution in [0.2, 0.25) is 0 Å². The van der Waals surface area contributed by atoms with Crippen molar-refractivity contribution in [1.82, 2.24) is 9.88 Å². The van der Waals surface area contributed by atoms with Crippen LogP contribution in [-0.2, 0) is 16.1 Å². The molecule has 0 spiro atoms. The summed E-state index contributed by atoms with van der Waals surface area (Å²) in [5, 5.41) is 2.92. The number of hydrogen-bond donors (Lipinski definition) is 1. The maximum atomic E-state index is 12.6. The first-order valence-electron chi connectivity index (χ1n) is 9.13. The van der Waals surface area contributed by atoms with Crippen molar-refractivity contribution in [3.05, 3.63) is 48.2 Å². The van der Waals surface area contributed by atoms with Gasteiger partial charge in [-0.25, -0.2) is 4.98 Å². The molecule has 1 N–H and O–H groups in total. The van der Waals surface area contributed by atoms with E-state index < -0.39 is 0 Å². The van der Waals surface area contributed by atoms with Crippen molar-refractivity contribution in [3.8, 4) is 0 Å². The summed E-state index contributed by atoms with van der Waals surface area (Å²) < 4.78 is 0. The molecule has 7 heteroatoms. The summed E-state index contributed by atoms with van der Waals surface area (Å²) in [7, 11) is 1.87. The smallest absolute Gasteiger partial charge is 0.246 e. The van der Waals surface area contributed by atoms with Gasteiger partial charge in [0.2, 0.25) is 11.8 Å². The maximum absolute atomic E-state index is 12.6. The predicted octanol–water partition coefficient (Wildman–Crippen LogP) is 1.71. The standard InChI is InChI=1S/C20H23N5O2/c1-14-20(27)22-17-10-15(11-21-19(17)23(14)2)12-24-8-9-25(18(26)13-24)16-6-4-3-5-7-16/h3-7,10-11,14H,8-9,12-13H2,1-2H3,(H,22,27)/t14-/m0/s1. The van der Waals surface area contributed by atoms with Crippen LogP contribution >= 0.6 is 0 Å². The van der Waals surface area contributed by atoms with Crippen molar-refractivity contribution in [2.24, 2.45) is 0 Å². The first-order chi connectivity index (χ1) is 13.0. The summed E-state index contributed by atoms with van der Waals surface area (Å²) in [4.78, 5) is 34.9. The largest absolute Gasteiger partial charge is 0.346 e.